The third kappa shape index (κ3) is 1.42. The summed E-state index contributed by atoms with van der Waals surface area (Å²) in [6.07, 6.45) is 1.59. The minimum absolute atomic E-state index is 0.577. The maximum Gasteiger partial charge on any atom is 0.271 e. The monoisotopic (exact) mass is 263 g/mol. The average molecular weight is 264 g/mol. The molecule has 15 heavy (non-hydrogen) atoms. The second kappa shape index (κ2) is 3.16. The van der Waals surface area contributed by atoms with Gasteiger partial charge in [-0.05, 0) is 12.1 Å². The van der Waals surface area contributed by atoms with Gasteiger partial charge >= 0.3 is 0 Å². The van der Waals surface area contributed by atoms with Crippen LogP contribution >= 0.6 is 15.9 Å². The molecule has 0 spiro atoms. The Labute approximate surface area is 93.3 Å². The zero-order valence-electron chi connectivity index (χ0n) is 7.55. The third-order valence-corrected chi connectivity index (χ3v) is 2.61. The number of halogens is 1. The number of nitrogens with zero attached hydrogens (tertiary/aromatic N) is 4. The van der Waals surface area contributed by atoms with E-state index in [1.54, 1.807) is 10.8 Å². The summed E-state index contributed by atoms with van der Waals surface area (Å²) in [6, 6.07) is 7.91. The smallest absolute Gasteiger partial charge is 0.271 e. The molecule has 0 bridgehead atoms. The Kier molecular flexibility index (Phi) is 1.81. The van der Waals surface area contributed by atoms with E-state index in [9.17, 15) is 0 Å². The van der Waals surface area contributed by atoms with Crippen LogP contribution in [0, 0.1) is 0 Å². The molecule has 0 aliphatic rings. The molecule has 3 rings (SSSR count). The van der Waals surface area contributed by atoms with Gasteiger partial charge < -0.3 is 0 Å². The molecule has 0 radical (unpaired) electrons. The molecule has 0 saturated carbocycles. The van der Waals surface area contributed by atoms with E-state index in [0.29, 0.717) is 5.78 Å². The van der Waals surface area contributed by atoms with E-state index < -0.39 is 0 Å². The lowest BCUT2D eigenvalue weighted by Crippen LogP contribution is -1.83. The van der Waals surface area contributed by atoms with Crippen molar-refractivity contribution in [3.05, 3.63) is 35.1 Å². The number of benzene rings is 1. The minimum atomic E-state index is 0.577. The van der Waals surface area contributed by atoms with Crippen molar-refractivity contribution in [1.82, 2.24) is 24.8 Å². The van der Waals surface area contributed by atoms with Gasteiger partial charge in [0, 0.05) is 10.0 Å². The Hall–Kier alpha value is -1.69. The number of hydrogen-bond acceptors (Lipinski definition) is 3. The molecule has 0 aliphatic carbocycles. The van der Waals surface area contributed by atoms with Crippen LogP contribution in [0.3, 0.4) is 0 Å². The average Bonchev–Trinajstić information content (AvgIpc) is 2.78. The highest BCUT2D eigenvalue weighted by atomic mass is 79.9. The van der Waals surface area contributed by atoms with E-state index in [-0.39, 0.29) is 0 Å². The molecular formula is C9H6BrN5. The standard InChI is InChI=1S/C9H6BrN5/c10-7-3-1-6(2-4-7)8-12-9-13-11-5-15(9)14-8/h1-5H,(H,12,13,14). The maximum absolute atomic E-state index is 4.29. The fourth-order valence-electron chi connectivity index (χ4n) is 1.36. The van der Waals surface area contributed by atoms with Crippen LogP contribution in [-0.2, 0) is 0 Å². The van der Waals surface area contributed by atoms with Crippen LogP contribution in [0.2, 0.25) is 0 Å². The molecule has 6 heteroatoms. The van der Waals surface area contributed by atoms with Crippen molar-refractivity contribution in [2.75, 3.05) is 0 Å². The normalized spacial score (nSPS) is 11.0. The van der Waals surface area contributed by atoms with Crippen LogP contribution in [0.15, 0.2) is 35.1 Å². The maximum atomic E-state index is 4.29. The van der Waals surface area contributed by atoms with Gasteiger partial charge in [-0.2, -0.15) is 4.98 Å². The number of nitrogens with one attached hydrogen (secondary N) is 1. The highest BCUT2D eigenvalue weighted by Crippen LogP contribution is 2.18. The van der Waals surface area contributed by atoms with Gasteiger partial charge in [-0.15, -0.1) is 10.2 Å². The van der Waals surface area contributed by atoms with E-state index >= 15 is 0 Å². The van der Waals surface area contributed by atoms with E-state index in [4.69, 9.17) is 0 Å². The highest BCUT2D eigenvalue weighted by molar-refractivity contribution is 9.10. The molecule has 1 aromatic carbocycles. The second-order valence-corrected chi connectivity index (χ2v) is 4.00. The number of aromatic amines is 1. The number of hydrogen-bond donors (Lipinski definition) is 1. The van der Waals surface area contributed by atoms with E-state index in [2.05, 4.69) is 36.2 Å². The molecule has 0 amide bonds. The first-order valence-corrected chi connectivity index (χ1v) is 5.14. The Balaban J connectivity index is 2.13. The Morgan fingerprint density at radius 3 is 2.73 bits per heavy atom. The van der Waals surface area contributed by atoms with Gasteiger partial charge in [-0.3, -0.25) is 5.10 Å². The van der Waals surface area contributed by atoms with Crippen LogP contribution in [0.1, 0.15) is 0 Å². The van der Waals surface area contributed by atoms with Crippen molar-refractivity contribution in [3.8, 4) is 11.4 Å². The van der Waals surface area contributed by atoms with Crippen molar-refractivity contribution in [2.45, 2.75) is 0 Å². The van der Waals surface area contributed by atoms with E-state index in [0.717, 1.165) is 15.9 Å². The van der Waals surface area contributed by atoms with Crippen molar-refractivity contribution in [3.63, 3.8) is 0 Å². The van der Waals surface area contributed by atoms with Gasteiger partial charge in [0.2, 0.25) is 0 Å². The van der Waals surface area contributed by atoms with Gasteiger partial charge in [0.25, 0.3) is 5.78 Å². The molecule has 2 aromatic heterocycles. The Morgan fingerprint density at radius 2 is 2.00 bits per heavy atom. The second-order valence-electron chi connectivity index (χ2n) is 3.08. The van der Waals surface area contributed by atoms with Gasteiger partial charge in [0.15, 0.2) is 5.82 Å². The van der Waals surface area contributed by atoms with Crippen LogP contribution < -0.4 is 0 Å². The largest absolute Gasteiger partial charge is 0.273 e. The molecule has 0 unspecified atom stereocenters. The molecule has 0 fully saturated rings. The molecule has 74 valence electrons. The summed E-state index contributed by atoms with van der Waals surface area (Å²) in [5.74, 6) is 1.36. The predicted molar refractivity (Wildman–Crippen MR) is 58.3 cm³/mol. The lowest BCUT2D eigenvalue weighted by Gasteiger charge is -1.95. The fourth-order valence-corrected chi connectivity index (χ4v) is 1.62. The summed E-state index contributed by atoms with van der Waals surface area (Å²) in [5, 5.41) is 10.6. The zero-order chi connectivity index (χ0) is 10.3. The van der Waals surface area contributed by atoms with Crippen molar-refractivity contribution in [2.24, 2.45) is 0 Å². The van der Waals surface area contributed by atoms with Crippen molar-refractivity contribution >= 4 is 21.7 Å². The lowest BCUT2D eigenvalue weighted by atomic mass is 10.2. The van der Waals surface area contributed by atoms with E-state index in [1.807, 2.05) is 24.3 Å². The topological polar surface area (TPSA) is 58.9 Å². The van der Waals surface area contributed by atoms with E-state index in [1.165, 1.54) is 0 Å². The highest BCUT2D eigenvalue weighted by Gasteiger charge is 2.05. The summed E-state index contributed by atoms with van der Waals surface area (Å²) in [7, 11) is 0. The first kappa shape index (κ1) is 8.60. The van der Waals surface area contributed by atoms with Crippen molar-refractivity contribution in [1.29, 1.82) is 0 Å². The number of rotatable bonds is 1. The molecular weight excluding hydrogens is 258 g/mol. The number of H-pyrrole nitrogens is 1. The summed E-state index contributed by atoms with van der Waals surface area (Å²) in [5.41, 5.74) is 1.02. The van der Waals surface area contributed by atoms with Gasteiger partial charge in [0.1, 0.15) is 6.33 Å². The lowest BCUT2D eigenvalue weighted by molar-refractivity contribution is 0.958. The molecule has 0 aliphatic heterocycles. The number of aromatic nitrogens is 5. The summed E-state index contributed by atoms with van der Waals surface area (Å²) in [4.78, 5) is 4.29. The molecule has 2 heterocycles. The Bertz CT molecular complexity index is 566. The summed E-state index contributed by atoms with van der Waals surface area (Å²) < 4.78 is 2.72. The van der Waals surface area contributed by atoms with Crippen LogP contribution in [0.25, 0.3) is 17.2 Å². The van der Waals surface area contributed by atoms with Gasteiger partial charge in [-0.25, -0.2) is 4.52 Å². The van der Waals surface area contributed by atoms with Gasteiger partial charge in [0.05, 0.1) is 0 Å². The van der Waals surface area contributed by atoms with Crippen LogP contribution in [0.5, 0.6) is 0 Å². The molecule has 0 saturated heterocycles. The van der Waals surface area contributed by atoms with Crippen molar-refractivity contribution < 1.29 is 0 Å². The quantitative estimate of drug-likeness (QED) is 0.730. The van der Waals surface area contributed by atoms with Crippen LogP contribution in [0.4, 0.5) is 0 Å². The minimum Gasteiger partial charge on any atom is -0.273 e. The molecule has 5 nitrogen and oxygen atoms in total. The van der Waals surface area contributed by atoms with Gasteiger partial charge in [-0.1, -0.05) is 28.1 Å². The predicted octanol–water partition coefficient (Wildman–Crippen LogP) is 1.88. The first-order chi connectivity index (χ1) is 7.33. The molecule has 1 N–H and O–H groups in total. The van der Waals surface area contributed by atoms with Crippen LogP contribution in [-0.4, -0.2) is 24.8 Å². The summed E-state index contributed by atoms with van der Waals surface area (Å²) >= 11 is 3.39. The zero-order valence-corrected chi connectivity index (χ0v) is 9.14. The SMILES string of the molecule is Brc1ccc(-c2nc3nncn3[nH]2)cc1. The third-order valence-electron chi connectivity index (χ3n) is 2.09. The number of fused-ring (bicyclic) bond motifs is 1. The summed E-state index contributed by atoms with van der Waals surface area (Å²) in [6.45, 7) is 0. The first-order valence-electron chi connectivity index (χ1n) is 4.34. The molecule has 0 atom stereocenters. The fraction of sp³-hybridized carbons (Fsp3) is 0. The Morgan fingerprint density at radius 1 is 1.20 bits per heavy atom. The molecule has 3 aromatic rings.